The number of esters is 1. The predicted molar refractivity (Wildman–Crippen MR) is 86.9 cm³/mol. The second-order valence-electron chi connectivity index (χ2n) is 5.64. The van der Waals surface area contributed by atoms with E-state index in [-0.39, 0.29) is 0 Å². The molecular formula is C16H23ClN2O2. The van der Waals surface area contributed by atoms with Crippen molar-refractivity contribution in [1.82, 2.24) is 0 Å². The molecule has 4 nitrogen and oxygen atoms in total. The summed E-state index contributed by atoms with van der Waals surface area (Å²) in [6.07, 6.45) is 7.76. The van der Waals surface area contributed by atoms with Crippen molar-refractivity contribution in [3.63, 3.8) is 0 Å². The maximum absolute atomic E-state index is 11.8. The molecule has 0 saturated heterocycles. The molecule has 0 atom stereocenters. The van der Waals surface area contributed by atoms with Gasteiger partial charge in [0.15, 0.2) is 0 Å². The van der Waals surface area contributed by atoms with Gasteiger partial charge in [-0.15, -0.1) is 0 Å². The molecule has 0 amide bonds. The number of halogens is 1. The molecule has 0 spiro atoms. The quantitative estimate of drug-likeness (QED) is 0.472. The SMILES string of the molecule is COC(=O)c1cc(N)cc(Cl)c1NCCCC1CCCC1. The van der Waals surface area contributed by atoms with E-state index in [4.69, 9.17) is 22.1 Å². The Morgan fingerprint density at radius 1 is 1.43 bits per heavy atom. The van der Waals surface area contributed by atoms with Gasteiger partial charge in [-0.05, 0) is 30.9 Å². The summed E-state index contributed by atoms with van der Waals surface area (Å²) in [6, 6.07) is 3.24. The van der Waals surface area contributed by atoms with Gasteiger partial charge < -0.3 is 15.8 Å². The summed E-state index contributed by atoms with van der Waals surface area (Å²) < 4.78 is 4.78. The van der Waals surface area contributed by atoms with Crippen molar-refractivity contribution >= 4 is 28.9 Å². The summed E-state index contributed by atoms with van der Waals surface area (Å²) in [5.74, 6) is 0.441. The molecule has 3 N–H and O–H groups in total. The standard InChI is InChI=1S/C16H23ClN2O2/c1-21-16(20)13-9-12(18)10-14(17)15(13)19-8-4-7-11-5-2-3-6-11/h9-11,19H,2-8,18H2,1H3. The summed E-state index contributed by atoms with van der Waals surface area (Å²) in [5, 5.41) is 3.71. The van der Waals surface area contributed by atoms with E-state index in [0.717, 1.165) is 18.9 Å². The number of hydrogen-bond donors (Lipinski definition) is 2. The number of hydrogen-bond acceptors (Lipinski definition) is 4. The fourth-order valence-electron chi connectivity index (χ4n) is 2.98. The van der Waals surface area contributed by atoms with Crippen LogP contribution in [0.2, 0.25) is 5.02 Å². The molecule has 1 fully saturated rings. The van der Waals surface area contributed by atoms with Crippen LogP contribution in [0.3, 0.4) is 0 Å². The Morgan fingerprint density at radius 3 is 2.81 bits per heavy atom. The van der Waals surface area contributed by atoms with Gasteiger partial charge >= 0.3 is 5.97 Å². The highest BCUT2D eigenvalue weighted by molar-refractivity contribution is 6.34. The van der Waals surface area contributed by atoms with E-state index in [1.54, 1.807) is 12.1 Å². The Balaban J connectivity index is 1.96. The first-order chi connectivity index (χ1) is 10.1. The molecule has 21 heavy (non-hydrogen) atoms. The van der Waals surface area contributed by atoms with Gasteiger partial charge in [0.05, 0.1) is 23.4 Å². The average Bonchev–Trinajstić information content (AvgIpc) is 2.97. The molecule has 1 saturated carbocycles. The molecule has 1 aliphatic carbocycles. The molecule has 5 heteroatoms. The van der Waals surface area contributed by atoms with Crippen molar-refractivity contribution in [2.75, 3.05) is 24.7 Å². The highest BCUT2D eigenvalue weighted by Gasteiger charge is 2.17. The lowest BCUT2D eigenvalue weighted by Gasteiger charge is -2.14. The number of benzene rings is 1. The molecule has 0 heterocycles. The summed E-state index contributed by atoms with van der Waals surface area (Å²) in [4.78, 5) is 11.8. The van der Waals surface area contributed by atoms with E-state index >= 15 is 0 Å². The molecule has 2 rings (SSSR count). The minimum Gasteiger partial charge on any atom is -0.465 e. The first-order valence-corrected chi connectivity index (χ1v) is 7.91. The fraction of sp³-hybridized carbons (Fsp3) is 0.562. The highest BCUT2D eigenvalue weighted by atomic mass is 35.5. The van der Waals surface area contributed by atoms with Crippen molar-refractivity contribution in [3.8, 4) is 0 Å². The molecule has 0 radical (unpaired) electrons. The number of anilines is 2. The molecule has 116 valence electrons. The van der Waals surface area contributed by atoms with E-state index in [1.165, 1.54) is 39.2 Å². The first kappa shape index (κ1) is 16.0. The third kappa shape index (κ3) is 4.27. The number of carbonyl (C=O) groups is 1. The predicted octanol–water partition coefficient (Wildman–Crippen LogP) is 4.09. The molecule has 1 aromatic carbocycles. The lowest BCUT2D eigenvalue weighted by molar-refractivity contribution is 0.0602. The zero-order valence-electron chi connectivity index (χ0n) is 12.5. The van der Waals surface area contributed by atoms with Gasteiger partial charge in [-0.25, -0.2) is 4.79 Å². The molecule has 0 unspecified atom stereocenters. The van der Waals surface area contributed by atoms with Crippen LogP contribution in [0.4, 0.5) is 11.4 Å². The van der Waals surface area contributed by atoms with Crippen molar-refractivity contribution in [3.05, 3.63) is 22.7 Å². The molecular weight excluding hydrogens is 288 g/mol. The van der Waals surface area contributed by atoms with Crippen LogP contribution in [-0.2, 0) is 4.74 Å². The largest absolute Gasteiger partial charge is 0.465 e. The number of nitrogens with two attached hydrogens (primary N) is 1. The van der Waals surface area contributed by atoms with Gasteiger partial charge in [0.25, 0.3) is 0 Å². The topological polar surface area (TPSA) is 64.3 Å². The highest BCUT2D eigenvalue weighted by Crippen LogP contribution is 2.31. The zero-order chi connectivity index (χ0) is 15.2. The summed E-state index contributed by atoms with van der Waals surface area (Å²) in [5.41, 5.74) is 7.20. The fourth-order valence-corrected chi connectivity index (χ4v) is 3.28. The van der Waals surface area contributed by atoms with Crippen molar-refractivity contribution in [2.45, 2.75) is 38.5 Å². The average molecular weight is 311 g/mol. The Kier molecular flexibility index (Phi) is 5.74. The van der Waals surface area contributed by atoms with Gasteiger partial charge in [0.2, 0.25) is 0 Å². The van der Waals surface area contributed by atoms with Gasteiger partial charge in [-0.2, -0.15) is 0 Å². The zero-order valence-corrected chi connectivity index (χ0v) is 13.2. The number of rotatable bonds is 6. The van der Waals surface area contributed by atoms with Crippen LogP contribution in [0.25, 0.3) is 0 Å². The van der Waals surface area contributed by atoms with Crippen molar-refractivity contribution < 1.29 is 9.53 Å². The molecule has 0 aliphatic heterocycles. The maximum atomic E-state index is 11.8. The van der Waals surface area contributed by atoms with Gasteiger partial charge in [-0.3, -0.25) is 0 Å². The normalized spacial score (nSPS) is 15.1. The Bertz CT molecular complexity index is 499. The first-order valence-electron chi connectivity index (χ1n) is 7.53. The molecule has 0 aromatic heterocycles. The lowest BCUT2D eigenvalue weighted by atomic mass is 10.0. The Labute approximate surface area is 131 Å². The third-order valence-corrected chi connectivity index (χ3v) is 4.38. The van der Waals surface area contributed by atoms with Crippen LogP contribution in [0.5, 0.6) is 0 Å². The van der Waals surface area contributed by atoms with Crippen LogP contribution < -0.4 is 11.1 Å². The molecule has 1 aromatic rings. The summed E-state index contributed by atoms with van der Waals surface area (Å²) >= 11 is 6.19. The minimum absolute atomic E-state index is 0.392. The molecule has 1 aliphatic rings. The Morgan fingerprint density at radius 2 is 2.14 bits per heavy atom. The van der Waals surface area contributed by atoms with E-state index in [1.807, 2.05) is 0 Å². The monoisotopic (exact) mass is 310 g/mol. The summed E-state index contributed by atoms with van der Waals surface area (Å²) in [7, 11) is 1.35. The van der Waals surface area contributed by atoms with E-state index in [9.17, 15) is 4.79 Å². The number of methoxy groups -OCH3 is 1. The number of ether oxygens (including phenoxy) is 1. The number of nitrogens with one attached hydrogen (secondary N) is 1. The van der Waals surface area contributed by atoms with E-state index in [2.05, 4.69) is 5.32 Å². The van der Waals surface area contributed by atoms with Gasteiger partial charge in [0, 0.05) is 12.2 Å². The lowest BCUT2D eigenvalue weighted by Crippen LogP contribution is -2.11. The maximum Gasteiger partial charge on any atom is 0.340 e. The summed E-state index contributed by atoms with van der Waals surface area (Å²) in [6.45, 7) is 0.796. The second kappa shape index (κ2) is 7.55. The number of carbonyl (C=O) groups excluding carboxylic acids is 1. The van der Waals surface area contributed by atoms with Crippen LogP contribution in [0, 0.1) is 5.92 Å². The van der Waals surface area contributed by atoms with Crippen LogP contribution >= 0.6 is 11.6 Å². The van der Waals surface area contributed by atoms with Gasteiger partial charge in [-0.1, -0.05) is 37.3 Å². The van der Waals surface area contributed by atoms with Gasteiger partial charge in [0.1, 0.15) is 0 Å². The van der Waals surface area contributed by atoms with Crippen LogP contribution in [0.15, 0.2) is 12.1 Å². The third-order valence-electron chi connectivity index (χ3n) is 4.08. The van der Waals surface area contributed by atoms with Crippen molar-refractivity contribution in [2.24, 2.45) is 5.92 Å². The smallest absolute Gasteiger partial charge is 0.340 e. The molecule has 0 bridgehead atoms. The van der Waals surface area contributed by atoms with E-state index < -0.39 is 5.97 Å². The van der Waals surface area contributed by atoms with E-state index in [0.29, 0.717) is 22.0 Å². The number of nitrogen functional groups attached to an aromatic ring is 1. The Hall–Kier alpha value is -1.42. The minimum atomic E-state index is -0.428. The van der Waals surface area contributed by atoms with Crippen molar-refractivity contribution in [1.29, 1.82) is 0 Å². The second-order valence-corrected chi connectivity index (χ2v) is 6.04. The van der Waals surface area contributed by atoms with Crippen LogP contribution in [0.1, 0.15) is 48.9 Å². The van der Waals surface area contributed by atoms with Crippen LogP contribution in [-0.4, -0.2) is 19.6 Å².